The summed E-state index contributed by atoms with van der Waals surface area (Å²) in [6.45, 7) is 2.18. The lowest BCUT2D eigenvalue weighted by molar-refractivity contribution is 0.884. The fourth-order valence-corrected chi connectivity index (χ4v) is 3.16. The van der Waals surface area contributed by atoms with E-state index in [1.807, 2.05) is 11.6 Å². The second kappa shape index (κ2) is 6.58. The maximum absolute atomic E-state index is 4.33. The highest BCUT2D eigenvalue weighted by Crippen LogP contribution is 2.25. The number of anilines is 1. The lowest BCUT2D eigenvalue weighted by atomic mass is 10.1. The van der Waals surface area contributed by atoms with Gasteiger partial charge >= 0.3 is 0 Å². The molecule has 3 rings (SSSR count). The van der Waals surface area contributed by atoms with Crippen LogP contribution in [0.3, 0.4) is 0 Å². The van der Waals surface area contributed by atoms with Crippen molar-refractivity contribution in [3.8, 4) is 10.6 Å². The molecule has 21 heavy (non-hydrogen) atoms. The van der Waals surface area contributed by atoms with Crippen molar-refractivity contribution >= 4 is 39.6 Å². The van der Waals surface area contributed by atoms with E-state index in [1.54, 1.807) is 11.3 Å². The van der Waals surface area contributed by atoms with Crippen molar-refractivity contribution in [1.29, 1.82) is 0 Å². The summed E-state index contributed by atoms with van der Waals surface area (Å²) < 4.78 is 1.26. The fourth-order valence-electron chi connectivity index (χ4n) is 2.16. The van der Waals surface area contributed by atoms with Crippen molar-refractivity contribution in [3.05, 3.63) is 69.2 Å². The third-order valence-corrected chi connectivity index (χ3v) is 4.86. The summed E-state index contributed by atoms with van der Waals surface area (Å²) in [7, 11) is 0. The average molecular weight is 406 g/mol. The molecule has 0 fully saturated rings. The van der Waals surface area contributed by atoms with Crippen LogP contribution in [-0.4, -0.2) is 4.98 Å². The van der Waals surface area contributed by atoms with Crippen molar-refractivity contribution in [3.63, 3.8) is 0 Å². The first-order chi connectivity index (χ1) is 10.2. The predicted molar refractivity (Wildman–Crippen MR) is 98.7 cm³/mol. The molecule has 0 spiro atoms. The molecule has 1 atom stereocenters. The van der Waals surface area contributed by atoms with Crippen LogP contribution in [0.15, 0.2) is 60.1 Å². The van der Waals surface area contributed by atoms with Gasteiger partial charge in [-0.3, -0.25) is 0 Å². The molecule has 3 aromatic rings. The number of hydrogen-bond acceptors (Lipinski definition) is 3. The number of rotatable bonds is 4. The van der Waals surface area contributed by atoms with Crippen LogP contribution in [0.4, 0.5) is 5.69 Å². The smallest absolute Gasteiger partial charge is 0.123 e. The van der Waals surface area contributed by atoms with Gasteiger partial charge in [0.05, 0.1) is 0 Å². The molecule has 0 saturated heterocycles. The maximum atomic E-state index is 4.33. The Bertz CT molecular complexity index is 691. The third kappa shape index (κ3) is 3.63. The summed E-state index contributed by atoms with van der Waals surface area (Å²) in [5, 5.41) is 6.59. The molecule has 0 aliphatic carbocycles. The first-order valence-electron chi connectivity index (χ1n) is 6.74. The van der Waals surface area contributed by atoms with Crippen molar-refractivity contribution in [2.24, 2.45) is 0 Å². The molecule has 2 aromatic carbocycles. The van der Waals surface area contributed by atoms with E-state index in [4.69, 9.17) is 0 Å². The topological polar surface area (TPSA) is 24.9 Å². The number of halogens is 1. The minimum absolute atomic E-state index is 0.285. The van der Waals surface area contributed by atoms with E-state index in [0.29, 0.717) is 0 Å². The van der Waals surface area contributed by atoms with Crippen LogP contribution in [-0.2, 0) is 0 Å². The monoisotopic (exact) mass is 406 g/mol. The Hall–Kier alpha value is -1.40. The minimum atomic E-state index is 0.285. The van der Waals surface area contributed by atoms with Gasteiger partial charge in [-0.15, -0.1) is 11.3 Å². The standard InChI is InChI=1S/C17H15IN2S/c1-12(13-2-6-15(18)7-3-13)20-16-8-4-14(5-9-16)17-19-10-11-21-17/h2-12,20H,1H3. The summed E-state index contributed by atoms with van der Waals surface area (Å²) in [6, 6.07) is 17.3. The first-order valence-corrected chi connectivity index (χ1v) is 8.70. The van der Waals surface area contributed by atoms with E-state index in [9.17, 15) is 0 Å². The average Bonchev–Trinajstić information content (AvgIpc) is 3.03. The molecule has 0 amide bonds. The van der Waals surface area contributed by atoms with Crippen molar-refractivity contribution in [1.82, 2.24) is 4.98 Å². The van der Waals surface area contributed by atoms with Crippen molar-refractivity contribution in [2.75, 3.05) is 5.32 Å². The third-order valence-electron chi connectivity index (χ3n) is 3.32. The number of thiazole rings is 1. The number of hydrogen-bond donors (Lipinski definition) is 1. The molecule has 0 saturated carbocycles. The predicted octanol–water partition coefficient (Wildman–Crippen LogP) is 5.59. The highest BCUT2D eigenvalue weighted by Gasteiger charge is 2.06. The minimum Gasteiger partial charge on any atom is -0.379 e. The Morgan fingerprint density at radius 2 is 1.76 bits per heavy atom. The van der Waals surface area contributed by atoms with E-state index >= 15 is 0 Å². The van der Waals surface area contributed by atoms with Gasteiger partial charge in [-0.2, -0.15) is 0 Å². The van der Waals surface area contributed by atoms with E-state index in [2.05, 4.69) is 88.3 Å². The molecule has 0 bridgehead atoms. The van der Waals surface area contributed by atoms with Crippen LogP contribution in [0.25, 0.3) is 10.6 Å². The molecule has 2 nitrogen and oxygen atoms in total. The van der Waals surface area contributed by atoms with Crippen molar-refractivity contribution < 1.29 is 0 Å². The highest BCUT2D eigenvalue weighted by molar-refractivity contribution is 14.1. The second-order valence-corrected chi connectivity index (χ2v) is 6.97. The molecular formula is C17H15IN2S. The molecule has 106 valence electrons. The molecular weight excluding hydrogens is 391 g/mol. The molecule has 4 heteroatoms. The zero-order valence-electron chi connectivity index (χ0n) is 11.6. The van der Waals surface area contributed by atoms with Gasteiger partial charge in [0.2, 0.25) is 0 Å². The number of benzene rings is 2. The van der Waals surface area contributed by atoms with Crippen molar-refractivity contribution in [2.45, 2.75) is 13.0 Å². The Kier molecular flexibility index (Phi) is 4.55. The summed E-state index contributed by atoms with van der Waals surface area (Å²) in [6.07, 6.45) is 1.84. The van der Waals surface area contributed by atoms with Gasteiger partial charge in [-0.05, 0) is 71.5 Å². The Labute approximate surface area is 142 Å². The zero-order chi connectivity index (χ0) is 14.7. The lowest BCUT2D eigenvalue weighted by Crippen LogP contribution is -2.06. The fraction of sp³-hybridized carbons (Fsp3) is 0.118. The Morgan fingerprint density at radius 1 is 1.05 bits per heavy atom. The quantitative estimate of drug-likeness (QED) is 0.572. The van der Waals surface area contributed by atoms with Gasteiger partial charge < -0.3 is 5.32 Å². The van der Waals surface area contributed by atoms with E-state index in [1.165, 1.54) is 9.13 Å². The normalized spacial score (nSPS) is 12.1. The van der Waals surface area contributed by atoms with Gasteiger partial charge in [-0.1, -0.05) is 12.1 Å². The van der Waals surface area contributed by atoms with Crippen LogP contribution in [0.5, 0.6) is 0 Å². The Balaban J connectivity index is 1.71. The summed E-state index contributed by atoms with van der Waals surface area (Å²) in [5.74, 6) is 0. The highest BCUT2D eigenvalue weighted by atomic mass is 127. The molecule has 0 radical (unpaired) electrons. The van der Waals surface area contributed by atoms with Crippen LogP contribution < -0.4 is 5.32 Å². The van der Waals surface area contributed by atoms with Gasteiger partial charge in [0, 0.05) is 32.4 Å². The van der Waals surface area contributed by atoms with Crippen LogP contribution in [0.2, 0.25) is 0 Å². The molecule has 1 aromatic heterocycles. The van der Waals surface area contributed by atoms with Crippen LogP contribution in [0.1, 0.15) is 18.5 Å². The van der Waals surface area contributed by atoms with Gasteiger partial charge in [0.15, 0.2) is 0 Å². The lowest BCUT2D eigenvalue weighted by Gasteiger charge is -2.16. The molecule has 1 unspecified atom stereocenters. The SMILES string of the molecule is CC(Nc1ccc(-c2nccs2)cc1)c1ccc(I)cc1. The molecule has 1 N–H and O–H groups in total. The largest absolute Gasteiger partial charge is 0.379 e. The van der Waals surface area contributed by atoms with Gasteiger partial charge in [0.1, 0.15) is 5.01 Å². The number of nitrogens with one attached hydrogen (secondary N) is 1. The summed E-state index contributed by atoms with van der Waals surface area (Å²) in [4.78, 5) is 4.33. The summed E-state index contributed by atoms with van der Waals surface area (Å²) in [5.41, 5.74) is 3.58. The number of nitrogens with zero attached hydrogens (tertiary/aromatic N) is 1. The second-order valence-electron chi connectivity index (χ2n) is 4.83. The van der Waals surface area contributed by atoms with Gasteiger partial charge in [-0.25, -0.2) is 4.98 Å². The molecule has 0 aliphatic rings. The van der Waals surface area contributed by atoms with Crippen LogP contribution in [0, 0.1) is 3.57 Å². The van der Waals surface area contributed by atoms with E-state index in [-0.39, 0.29) is 6.04 Å². The zero-order valence-corrected chi connectivity index (χ0v) is 14.6. The van der Waals surface area contributed by atoms with E-state index in [0.717, 1.165) is 16.3 Å². The van der Waals surface area contributed by atoms with Gasteiger partial charge in [0.25, 0.3) is 0 Å². The molecule has 0 aliphatic heterocycles. The van der Waals surface area contributed by atoms with Crippen LogP contribution >= 0.6 is 33.9 Å². The number of aromatic nitrogens is 1. The maximum Gasteiger partial charge on any atom is 0.123 e. The van der Waals surface area contributed by atoms with E-state index < -0.39 is 0 Å². The summed E-state index contributed by atoms with van der Waals surface area (Å²) >= 11 is 3.99. The first kappa shape index (κ1) is 14.5. The molecule has 1 heterocycles. The Morgan fingerprint density at radius 3 is 2.38 bits per heavy atom.